The Hall–Kier alpha value is -7.63. The molecular formula is C51H31N3O2. The minimum atomic E-state index is 0.674. The highest BCUT2D eigenvalue weighted by Gasteiger charge is 2.21. The maximum Gasteiger partial charge on any atom is 0.160 e. The van der Waals surface area contributed by atoms with Crippen molar-refractivity contribution in [1.82, 2.24) is 15.0 Å². The predicted octanol–water partition coefficient (Wildman–Crippen LogP) is 13.7. The maximum atomic E-state index is 6.71. The third kappa shape index (κ3) is 5.29. The number of nitrogens with zero attached hydrogens (tertiary/aromatic N) is 3. The zero-order valence-corrected chi connectivity index (χ0v) is 30.1. The number of hydrogen-bond donors (Lipinski definition) is 0. The van der Waals surface area contributed by atoms with Crippen LogP contribution in [0.25, 0.3) is 111 Å². The van der Waals surface area contributed by atoms with Gasteiger partial charge < -0.3 is 8.83 Å². The first-order valence-electron chi connectivity index (χ1n) is 18.7. The van der Waals surface area contributed by atoms with E-state index in [1.807, 2.05) is 67.0 Å². The minimum Gasteiger partial charge on any atom is -0.455 e. The Bertz CT molecular complexity index is 3240. The van der Waals surface area contributed by atoms with Crippen LogP contribution in [0.1, 0.15) is 0 Å². The van der Waals surface area contributed by atoms with E-state index >= 15 is 0 Å². The molecule has 0 amide bonds. The summed E-state index contributed by atoms with van der Waals surface area (Å²) in [6.07, 6.45) is 3.65. The van der Waals surface area contributed by atoms with Gasteiger partial charge in [-0.3, -0.25) is 4.98 Å². The van der Waals surface area contributed by atoms with Gasteiger partial charge >= 0.3 is 0 Å². The molecule has 56 heavy (non-hydrogen) atoms. The van der Waals surface area contributed by atoms with Gasteiger partial charge in [-0.05, 0) is 58.7 Å². The summed E-state index contributed by atoms with van der Waals surface area (Å²) in [6, 6.07) is 60.6. The lowest BCUT2D eigenvalue weighted by atomic mass is 9.93. The van der Waals surface area contributed by atoms with E-state index in [1.54, 1.807) is 0 Å². The standard InChI is InChI=1S/C51H31N3O2/c1-2-11-35(12-3-1)51-53-44(31-45(54-51)38-14-5-4-13-36(38)33-27-29-52-30-28-33)34-23-21-32(22-24-34)37-25-26-42(50-48(37)43-16-7-9-20-47(43)56-50)41-18-10-17-40-39-15-6-8-19-46(39)55-49(40)41/h1-31H. The second-order valence-corrected chi connectivity index (χ2v) is 13.9. The van der Waals surface area contributed by atoms with Gasteiger partial charge in [-0.1, -0.05) is 140 Å². The minimum absolute atomic E-state index is 0.674. The fraction of sp³-hybridized carbons (Fsp3) is 0. The van der Waals surface area contributed by atoms with Crippen LogP contribution in [0.4, 0.5) is 0 Å². The van der Waals surface area contributed by atoms with Gasteiger partial charge in [-0.25, -0.2) is 9.97 Å². The van der Waals surface area contributed by atoms with Gasteiger partial charge in [0.2, 0.25) is 0 Å². The Morgan fingerprint density at radius 3 is 1.73 bits per heavy atom. The van der Waals surface area contributed by atoms with Crippen molar-refractivity contribution in [1.29, 1.82) is 0 Å². The van der Waals surface area contributed by atoms with Gasteiger partial charge in [-0.15, -0.1) is 0 Å². The van der Waals surface area contributed by atoms with Crippen LogP contribution in [-0.4, -0.2) is 15.0 Å². The third-order valence-electron chi connectivity index (χ3n) is 10.7. The molecule has 11 aromatic rings. The molecule has 0 atom stereocenters. The molecule has 7 aromatic carbocycles. The highest BCUT2D eigenvalue weighted by Crippen LogP contribution is 2.45. The summed E-state index contributed by atoms with van der Waals surface area (Å²) >= 11 is 0. The molecule has 0 unspecified atom stereocenters. The van der Waals surface area contributed by atoms with Crippen molar-refractivity contribution in [3.63, 3.8) is 0 Å². The van der Waals surface area contributed by atoms with Gasteiger partial charge in [0, 0.05) is 61.8 Å². The van der Waals surface area contributed by atoms with E-state index in [1.165, 1.54) is 0 Å². The smallest absolute Gasteiger partial charge is 0.160 e. The van der Waals surface area contributed by atoms with E-state index < -0.39 is 0 Å². The highest BCUT2D eigenvalue weighted by molar-refractivity contribution is 6.18. The molecule has 0 saturated heterocycles. The summed E-state index contributed by atoms with van der Waals surface area (Å²) in [7, 11) is 0. The van der Waals surface area contributed by atoms with Gasteiger partial charge in [0.15, 0.2) is 5.82 Å². The lowest BCUT2D eigenvalue weighted by molar-refractivity contribution is 0.665. The fourth-order valence-corrected chi connectivity index (χ4v) is 8.00. The lowest BCUT2D eigenvalue weighted by Crippen LogP contribution is -1.97. The Kier molecular flexibility index (Phi) is 7.42. The molecule has 0 spiro atoms. The zero-order chi connectivity index (χ0) is 37.0. The summed E-state index contributed by atoms with van der Waals surface area (Å²) in [5.41, 5.74) is 14.4. The quantitative estimate of drug-likeness (QED) is 0.171. The number of aromatic nitrogens is 3. The molecule has 0 radical (unpaired) electrons. The average molecular weight is 718 g/mol. The fourth-order valence-electron chi connectivity index (χ4n) is 8.00. The zero-order valence-electron chi connectivity index (χ0n) is 30.1. The first kappa shape index (κ1) is 31.9. The molecule has 5 heteroatoms. The number of benzene rings is 7. The molecule has 11 rings (SSSR count). The van der Waals surface area contributed by atoms with E-state index in [9.17, 15) is 0 Å². The molecule has 0 fully saturated rings. The summed E-state index contributed by atoms with van der Waals surface area (Å²) in [5, 5.41) is 4.33. The third-order valence-corrected chi connectivity index (χ3v) is 10.7. The van der Waals surface area contributed by atoms with Crippen molar-refractivity contribution in [2.75, 3.05) is 0 Å². The maximum absolute atomic E-state index is 6.71. The molecule has 4 heterocycles. The molecule has 262 valence electrons. The monoisotopic (exact) mass is 717 g/mol. The topological polar surface area (TPSA) is 65.0 Å². The Morgan fingerprint density at radius 1 is 0.339 bits per heavy atom. The molecule has 0 bridgehead atoms. The Morgan fingerprint density at radius 2 is 0.911 bits per heavy atom. The van der Waals surface area contributed by atoms with Gasteiger partial charge in [0.05, 0.1) is 11.4 Å². The SMILES string of the molecule is c1ccc(-c2nc(-c3ccc(-c4ccc(-c5cccc6c5oc5ccccc56)c5oc6ccccc6c45)cc3)cc(-c3ccccc3-c3ccncc3)n2)cc1. The van der Waals surface area contributed by atoms with Crippen LogP contribution >= 0.6 is 0 Å². The van der Waals surface area contributed by atoms with Crippen LogP contribution < -0.4 is 0 Å². The van der Waals surface area contributed by atoms with Gasteiger partial charge in [-0.2, -0.15) is 0 Å². The van der Waals surface area contributed by atoms with Crippen molar-refractivity contribution < 1.29 is 8.83 Å². The number of furan rings is 2. The molecular weight excluding hydrogens is 687 g/mol. The number of hydrogen-bond acceptors (Lipinski definition) is 5. The molecule has 5 nitrogen and oxygen atoms in total. The molecule has 0 aliphatic carbocycles. The molecule has 0 aliphatic rings. The van der Waals surface area contributed by atoms with Crippen LogP contribution in [0, 0.1) is 0 Å². The van der Waals surface area contributed by atoms with Crippen LogP contribution in [0.5, 0.6) is 0 Å². The summed E-state index contributed by atoms with van der Waals surface area (Å²) in [6.45, 7) is 0. The molecule has 4 aromatic heterocycles. The number of para-hydroxylation sites is 3. The Balaban J connectivity index is 1.05. The molecule has 0 saturated carbocycles. The van der Waals surface area contributed by atoms with Crippen LogP contribution in [0.2, 0.25) is 0 Å². The number of rotatable bonds is 6. The second kappa shape index (κ2) is 13.0. The Labute approximate surface area is 322 Å². The largest absolute Gasteiger partial charge is 0.455 e. The van der Waals surface area contributed by atoms with E-state index in [0.29, 0.717) is 5.82 Å². The van der Waals surface area contributed by atoms with Crippen molar-refractivity contribution in [2.24, 2.45) is 0 Å². The average Bonchev–Trinajstić information content (AvgIpc) is 3.86. The van der Waals surface area contributed by atoms with Crippen molar-refractivity contribution >= 4 is 43.9 Å². The number of fused-ring (bicyclic) bond motifs is 6. The molecule has 0 aliphatic heterocycles. The van der Waals surface area contributed by atoms with Gasteiger partial charge in [0.25, 0.3) is 0 Å². The van der Waals surface area contributed by atoms with Crippen molar-refractivity contribution in [2.45, 2.75) is 0 Å². The first-order chi connectivity index (χ1) is 27.8. The van der Waals surface area contributed by atoms with Crippen molar-refractivity contribution in [3.8, 4) is 67.3 Å². The van der Waals surface area contributed by atoms with Crippen molar-refractivity contribution in [3.05, 3.63) is 188 Å². The summed E-state index contributed by atoms with van der Waals surface area (Å²) in [4.78, 5) is 14.5. The number of pyridine rings is 1. The van der Waals surface area contributed by atoms with Gasteiger partial charge in [0.1, 0.15) is 22.3 Å². The first-order valence-corrected chi connectivity index (χ1v) is 18.7. The van der Waals surface area contributed by atoms with Crippen LogP contribution in [-0.2, 0) is 0 Å². The van der Waals surface area contributed by atoms with E-state index in [4.69, 9.17) is 18.8 Å². The van der Waals surface area contributed by atoms with E-state index in [2.05, 4.69) is 126 Å². The predicted molar refractivity (Wildman–Crippen MR) is 227 cm³/mol. The summed E-state index contributed by atoms with van der Waals surface area (Å²) in [5.74, 6) is 0.674. The van der Waals surface area contributed by atoms with E-state index in [-0.39, 0.29) is 0 Å². The summed E-state index contributed by atoms with van der Waals surface area (Å²) < 4.78 is 13.2. The van der Waals surface area contributed by atoms with Crippen LogP contribution in [0.3, 0.4) is 0 Å². The second-order valence-electron chi connectivity index (χ2n) is 13.9. The highest BCUT2D eigenvalue weighted by atomic mass is 16.3. The van der Waals surface area contributed by atoms with E-state index in [0.717, 1.165) is 105 Å². The molecule has 0 N–H and O–H groups in total. The van der Waals surface area contributed by atoms with Crippen LogP contribution in [0.15, 0.2) is 197 Å². The lowest BCUT2D eigenvalue weighted by Gasteiger charge is -2.13. The normalized spacial score (nSPS) is 11.6.